The van der Waals surface area contributed by atoms with Crippen LogP contribution in [-0.2, 0) is 11.0 Å². The van der Waals surface area contributed by atoms with Gasteiger partial charge in [-0.3, -0.25) is 9.69 Å². The number of nitrogens with zero attached hydrogens (tertiary/aromatic N) is 1. The van der Waals surface area contributed by atoms with Crippen LogP contribution in [-0.4, -0.2) is 29.1 Å². The van der Waals surface area contributed by atoms with Gasteiger partial charge in [0.2, 0.25) is 0 Å². The Labute approximate surface area is 156 Å². The summed E-state index contributed by atoms with van der Waals surface area (Å²) < 4.78 is 38.7. The van der Waals surface area contributed by atoms with Gasteiger partial charge in [-0.2, -0.15) is 13.2 Å². The van der Waals surface area contributed by atoms with E-state index in [1.807, 2.05) is 31.2 Å². The molecule has 1 aliphatic heterocycles. The van der Waals surface area contributed by atoms with E-state index >= 15 is 0 Å². The molecule has 0 aromatic heterocycles. The topological polar surface area (TPSA) is 40.5 Å². The molecule has 1 heterocycles. The van der Waals surface area contributed by atoms with Crippen molar-refractivity contribution in [3.8, 4) is 0 Å². The number of hydrogen-bond donors (Lipinski definition) is 1. The Hall–Kier alpha value is -2.34. The van der Waals surface area contributed by atoms with Crippen molar-refractivity contribution in [2.24, 2.45) is 5.92 Å². The molecule has 0 bridgehead atoms. The normalized spacial score (nSPS) is 19.6. The molecule has 0 aliphatic carbocycles. The number of aryl methyl sites for hydroxylation is 1. The largest absolute Gasteiger partial charge is 0.481 e. The van der Waals surface area contributed by atoms with E-state index in [-0.39, 0.29) is 6.04 Å². The average Bonchev–Trinajstić information content (AvgIpc) is 2.62. The molecule has 2 aromatic rings. The summed E-state index contributed by atoms with van der Waals surface area (Å²) in [5, 5.41) is 9.40. The monoisotopic (exact) mass is 377 g/mol. The van der Waals surface area contributed by atoms with Crippen molar-refractivity contribution in [1.29, 1.82) is 0 Å². The lowest BCUT2D eigenvalue weighted by Gasteiger charge is -2.37. The molecule has 1 aliphatic rings. The van der Waals surface area contributed by atoms with E-state index in [4.69, 9.17) is 0 Å². The summed E-state index contributed by atoms with van der Waals surface area (Å²) in [5.41, 5.74) is 2.06. The van der Waals surface area contributed by atoms with Crippen molar-refractivity contribution in [3.63, 3.8) is 0 Å². The number of aliphatic carboxylic acids is 1. The number of carboxylic acids is 1. The molecular formula is C21H22F3NO2. The smallest absolute Gasteiger partial charge is 0.416 e. The maximum Gasteiger partial charge on any atom is 0.416 e. The summed E-state index contributed by atoms with van der Waals surface area (Å²) in [6.07, 6.45) is -3.00. The maximum atomic E-state index is 12.9. The highest BCUT2D eigenvalue weighted by Crippen LogP contribution is 2.35. The zero-order valence-electron chi connectivity index (χ0n) is 15.0. The number of piperidine rings is 1. The van der Waals surface area contributed by atoms with Crippen LogP contribution < -0.4 is 0 Å². The Morgan fingerprint density at radius 3 is 2.44 bits per heavy atom. The molecule has 27 heavy (non-hydrogen) atoms. The number of hydrogen-bond acceptors (Lipinski definition) is 2. The Morgan fingerprint density at radius 2 is 1.85 bits per heavy atom. The molecule has 2 atom stereocenters. The summed E-state index contributed by atoms with van der Waals surface area (Å²) in [4.78, 5) is 13.5. The number of halogens is 3. The lowest BCUT2D eigenvalue weighted by atomic mass is 9.90. The van der Waals surface area contributed by atoms with Crippen molar-refractivity contribution >= 4 is 5.97 Å². The predicted octanol–water partition coefficient (Wildman–Crippen LogP) is 4.90. The maximum absolute atomic E-state index is 12.9. The van der Waals surface area contributed by atoms with Crippen molar-refractivity contribution in [2.45, 2.75) is 32.0 Å². The molecule has 6 heteroatoms. The summed E-state index contributed by atoms with van der Waals surface area (Å²) in [6, 6.07) is 12.7. The second kappa shape index (κ2) is 7.72. The molecule has 1 N–H and O–H groups in total. The fourth-order valence-corrected chi connectivity index (χ4v) is 3.75. The number of likely N-dealkylation sites (tertiary alicyclic amines) is 1. The molecule has 0 spiro atoms. The van der Waals surface area contributed by atoms with Crippen molar-refractivity contribution in [3.05, 3.63) is 70.8 Å². The molecule has 2 aromatic carbocycles. The fourth-order valence-electron chi connectivity index (χ4n) is 3.75. The number of carboxylic acid groups (broad SMARTS) is 1. The standard InChI is InChI=1S/C21H22F3NO2/c1-14-4-2-5-16(12-14)19(25-11-3-6-17(13-25)20(26)27)15-7-9-18(10-8-15)21(22,23)24/h2,4-5,7-10,12,17,19H,3,6,11,13H2,1H3,(H,26,27). The van der Waals surface area contributed by atoms with Gasteiger partial charge in [-0.1, -0.05) is 42.0 Å². The fraction of sp³-hybridized carbons (Fsp3) is 0.381. The van der Waals surface area contributed by atoms with Gasteiger partial charge in [0.05, 0.1) is 17.5 Å². The molecule has 3 nitrogen and oxygen atoms in total. The minimum atomic E-state index is -4.38. The van der Waals surface area contributed by atoms with E-state index in [9.17, 15) is 23.1 Å². The molecule has 144 valence electrons. The van der Waals surface area contributed by atoms with E-state index in [2.05, 4.69) is 4.90 Å². The zero-order valence-corrected chi connectivity index (χ0v) is 15.0. The summed E-state index contributed by atoms with van der Waals surface area (Å²) in [6.45, 7) is 3.06. The SMILES string of the molecule is Cc1cccc(C(c2ccc(C(F)(F)F)cc2)N2CCCC(C(=O)O)C2)c1. The number of alkyl halides is 3. The number of carbonyl (C=O) groups is 1. The third-order valence-electron chi connectivity index (χ3n) is 5.08. The van der Waals surface area contributed by atoms with Crippen LogP contribution in [0.25, 0.3) is 0 Å². The first-order chi connectivity index (χ1) is 12.8. The van der Waals surface area contributed by atoms with Crippen LogP contribution in [0.3, 0.4) is 0 Å². The van der Waals surface area contributed by atoms with Gasteiger partial charge in [0.1, 0.15) is 0 Å². The Kier molecular flexibility index (Phi) is 5.56. The molecular weight excluding hydrogens is 355 g/mol. The quantitative estimate of drug-likeness (QED) is 0.824. The summed E-state index contributed by atoms with van der Waals surface area (Å²) in [7, 11) is 0. The van der Waals surface area contributed by atoms with E-state index in [1.54, 1.807) is 0 Å². The van der Waals surface area contributed by atoms with Gasteiger partial charge in [-0.25, -0.2) is 0 Å². The van der Waals surface area contributed by atoms with Crippen molar-refractivity contribution in [2.75, 3.05) is 13.1 Å². The van der Waals surface area contributed by atoms with Crippen LogP contribution in [0, 0.1) is 12.8 Å². The Bertz CT molecular complexity index is 802. The number of rotatable bonds is 4. The molecule has 0 radical (unpaired) electrons. The lowest BCUT2D eigenvalue weighted by Crippen LogP contribution is -2.41. The van der Waals surface area contributed by atoms with Crippen LogP contribution in [0.1, 0.15) is 41.1 Å². The minimum Gasteiger partial charge on any atom is -0.481 e. The van der Waals surface area contributed by atoms with E-state index in [0.29, 0.717) is 19.5 Å². The molecule has 0 saturated carbocycles. The third-order valence-corrected chi connectivity index (χ3v) is 5.08. The van der Waals surface area contributed by atoms with Crippen molar-refractivity contribution < 1.29 is 23.1 Å². The lowest BCUT2D eigenvalue weighted by molar-refractivity contribution is -0.144. The van der Waals surface area contributed by atoms with Gasteiger partial charge in [-0.05, 0) is 49.6 Å². The summed E-state index contributed by atoms with van der Waals surface area (Å²) in [5.74, 6) is -1.28. The van der Waals surface area contributed by atoms with Gasteiger partial charge in [0.15, 0.2) is 0 Å². The minimum absolute atomic E-state index is 0.269. The number of benzene rings is 2. The second-order valence-electron chi connectivity index (χ2n) is 7.11. The van der Waals surface area contributed by atoms with Gasteiger partial charge >= 0.3 is 12.1 Å². The Balaban J connectivity index is 1.99. The van der Waals surface area contributed by atoms with Crippen LogP contribution >= 0.6 is 0 Å². The highest BCUT2D eigenvalue weighted by Gasteiger charge is 2.33. The van der Waals surface area contributed by atoms with Crippen LogP contribution in [0.2, 0.25) is 0 Å². The zero-order chi connectivity index (χ0) is 19.6. The van der Waals surface area contributed by atoms with Crippen LogP contribution in [0.4, 0.5) is 13.2 Å². The predicted molar refractivity (Wildman–Crippen MR) is 96.4 cm³/mol. The second-order valence-corrected chi connectivity index (χ2v) is 7.11. The van der Waals surface area contributed by atoms with E-state index < -0.39 is 23.6 Å². The van der Waals surface area contributed by atoms with E-state index in [1.165, 1.54) is 12.1 Å². The first-order valence-electron chi connectivity index (χ1n) is 8.96. The molecule has 3 rings (SSSR count). The first kappa shape index (κ1) is 19.4. The highest BCUT2D eigenvalue weighted by molar-refractivity contribution is 5.70. The first-order valence-corrected chi connectivity index (χ1v) is 8.96. The van der Waals surface area contributed by atoms with Crippen LogP contribution in [0.15, 0.2) is 48.5 Å². The Morgan fingerprint density at radius 1 is 1.15 bits per heavy atom. The molecule has 1 saturated heterocycles. The summed E-state index contributed by atoms with van der Waals surface area (Å²) >= 11 is 0. The molecule has 2 unspecified atom stereocenters. The van der Waals surface area contributed by atoms with Gasteiger partial charge < -0.3 is 5.11 Å². The van der Waals surface area contributed by atoms with E-state index in [0.717, 1.165) is 35.2 Å². The molecule has 1 fully saturated rings. The van der Waals surface area contributed by atoms with Crippen LogP contribution in [0.5, 0.6) is 0 Å². The highest BCUT2D eigenvalue weighted by atomic mass is 19.4. The average molecular weight is 377 g/mol. The van der Waals surface area contributed by atoms with Gasteiger partial charge in [0.25, 0.3) is 0 Å². The third kappa shape index (κ3) is 4.50. The van der Waals surface area contributed by atoms with Gasteiger partial charge in [0, 0.05) is 6.54 Å². The van der Waals surface area contributed by atoms with Gasteiger partial charge in [-0.15, -0.1) is 0 Å². The molecule has 0 amide bonds. The van der Waals surface area contributed by atoms with Crippen molar-refractivity contribution in [1.82, 2.24) is 4.90 Å².